The van der Waals surface area contributed by atoms with Crippen LogP contribution in [0.4, 0.5) is 20.6 Å². The first-order valence-electron chi connectivity index (χ1n) is 8.56. The lowest BCUT2D eigenvalue weighted by Crippen LogP contribution is -2.63. The standard InChI is InChI=1S/C17H18FN5O2S/c18-14-5-12(1-2-15(14)21-8-17(9-21)10-26-11-17)23-7-13(25-16(23)24)6-22-4-3-19-20-22/h1-5,13H,6-11H2/t13-/m0/s1. The number of ether oxygens (including phenoxy) is 1. The summed E-state index contributed by atoms with van der Waals surface area (Å²) in [6.45, 7) is 2.63. The molecule has 9 heteroatoms. The molecule has 136 valence electrons. The number of aromatic nitrogens is 3. The Balaban J connectivity index is 1.28. The normalized spacial score (nSPS) is 23.7. The van der Waals surface area contributed by atoms with Crippen LogP contribution in [0.25, 0.3) is 0 Å². The van der Waals surface area contributed by atoms with E-state index >= 15 is 0 Å². The number of hydrogen-bond donors (Lipinski definition) is 0. The third-order valence-corrected chi connectivity index (χ3v) is 6.82. The zero-order valence-electron chi connectivity index (χ0n) is 14.0. The third kappa shape index (κ3) is 2.61. The van der Waals surface area contributed by atoms with E-state index in [0.29, 0.717) is 29.9 Å². The average Bonchev–Trinajstić information content (AvgIpc) is 3.16. The van der Waals surface area contributed by atoms with Gasteiger partial charge in [-0.15, -0.1) is 5.10 Å². The van der Waals surface area contributed by atoms with Crippen molar-refractivity contribution in [2.75, 3.05) is 40.9 Å². The average molecular weight is 375 g/mol. The Morgan fingerprint density at radius 2 is 2.19 bits per heavy atom. The number of rotatable bonds is 4. The lowest BCUT2D eigenvalue weighted by atomic mass is 9.82. The highest BCUT2D eigenvalue weighted by atomic mass is 32.2. The summed E-state index contributed by atoms with van der Waals surface area (Å²) in [5.74, 6) is 2.06. The predicted molar refractivity (Wildman–Crippen MR) is 96.0 cm³/mol. The zero-order chi connectivity index (χ0) is 17.7. The first kappa shape index (κ1) is 15.9. The molecule has 3 fully saturated rings. The van der Waals surface area contributed by atoms with Crippen molar-refractivity contribution in [3.63, 3.8) is 0 Å². The van der Waals surface area contributed by atoms with Crippen LogP contribution in [0.3, 0.4) is 0 Å². The Bertz CT molecular complexity index is 834. The fourth-order valence-corrected chi connectivity index (χ4v) is 4.94. The number of anilines is 2. The Morgan fingerprint density at radius 1 is 1.35 bits per heavy atom. The fraction of sp³-hybridized carbons (Fsp3) is 0.471. The van der Waals surface area contributed by atoms with E-state index in [9.17, 15) is 9.18 Å². The van der Waals surface area contributed by atoms with Gasteiger partial charge >= 0.3 is 6.09 Å². The fourth-order valence-electron chi connectivity index (χ4n) is 3.79. The maximum absolute atomic E-state index is 14.6. The first-order chi connectivity index (χ1) is 12.6. The maximum atomic E-state index is 14.6. The molecule has 5 rings (SSSR count). The van der Waals surface area contributed by atoms with Gasteiger partial charge in [-0.3, -0.25) is 4.90 Å². The van der Waals surface area contributed by atoms with Gasteiger partial charge in [-0.1, -0.05) is 5.21 Å². The number of halogens is 1. The molecule has 1 atom stereocenters. The van der Waals surface area contributed by atoms with Gasteiger partial charge in [0.15, 0.2) is 0 Å². The van der Waals surface area contributed by atoms with Gasteiger partial charge in [0.05, 0.1) is 30.7 Å². The molecule has 0 radical (unpaired) electrons. The van der Waals surface area contributed by atoms with E-state index in [1.165, 1.54) is 22.5 Å². The molecule has 3 aliphatic heterocycles. The predicted octanol–water partition coefficient (Wildman–Crippen LogP) is 2.00. The molecule has 0 N–H and O–H groups in total. The number of hydrogen-bond acceptors (Lipinski definition) is 6. The summed E-state index contributed by atoms with van der Waals surface area (Å²) < 4.78 is 21.6. The van der Waals surface area contributed by atoms with Gasteiger partial charge in [0.2, 0.25) is 0 Å². The molecule has 0 aliphatic carbocycles. The second kappa shape index (κ2) is 5.87. The molecular weight excluding hydrogens is 357 g/mol. The monoisotopic (exact) mass is 375 g/mol. The van der Waals surface area contributed by atoms with E-state index in [-0.39, 0.29) is 11.9 Å². The second-order valence-electron chi connectivity index (χ2n) is 7.23. The van der Waals surface area contributed by atoms with Crippen molar-refractivity contribution in [3.8, 4) is 0 Å². The summed E-state index contributed by atoms with van der Waals surface area (Å²) in [5, 5.41) is 7.61. The number of carbonyl (C=O) groups is 1. The molecule has 1 amide bonds. The molecule has 3 aliphatic rings. The van der Waals surface area contributed by atoms with Gasteiger partial charge in [0.25, 0.3) is 0 Å². The summed E-state index contributed by atoms with van der Waals surface area (Å²) in [6, 6.07) is 4.98. The van der Waals surface area contributed by atoms with E-state index in [1.807, 2.05) is 11.8 Å². The lowest BCUT2D eigenvalue weighted by Gasteiger charge is -2.56. The lowest BCUT2D eigenvalue weighted by molar-refractivity contribution is 0.129. The summed E-state index contributed by atoms with van der Waals surface area (Å²) in [4.78, 5) is 15.7. The molecule has 0 saturated carbocycles. The van der Waals surface area contributed by atoms with Crippen LogP contribution in [-0.2, 0) is 11.3 Å². The van der Waals surface area contributed by atoms with Crippen LogP contribution in [0.5, 0.6) is 0 Å². The van der Waals surface area contributed by atoms with Crippen LogP contribution in [0, 0.1) is 11.2 Å². The molecule has 2 aromatic rings. The van der Waals surface area contributed by atoms with Crippen molar-refractivity contribution in [2.24, 2.45) is 5.41 Å². The Morgan fingerprint density at radius 3 is 2.85 bits per heavy atom. The Labute approximate surface area is 154 Å². The largest absolute Gasteiger partial charge is 0.442 e. The number of thioether (sulfide) groups is 1. The quantitative estimate of drug-likeness (QED) is 0.815. The highest BCUT2D eigenvalue weighted by molar-refractivity contribution is 8.00. The molecular formula is C17H18FN5O2S. The number of benzene rings is 1. The van der Waals surface area contributed by atoms with Crippen LogP contribution in [-0.4, -0.2) is 58.3 Å². The molecule has 0 unspecified atom stereocenters. The molecule has 0 bridgehead atoms. The second-order valence-corrected chi connectivity index (χ2v) is 8.21. The van der Waals surface area contributed by atoms with Gasteiger partial charge in [-0.2, -0.15) is 11.8 Å². The molecule has 3 saturated heterocycles. The number of carbonyl (C=O) groups excluding carboxylic acids is 1. The van der Waals surface area contributed by atoms with Crippen molar-refractivity contribution >= 4 is 29.2 Å². The molecule has 1 aromatic carbocycles. The summed E-state index contributed by atoms with van der Waals surface area (Å²) in [5.41, 5.74) is 1.54. The number of nitrogens with zero attached hydrogens (tertiary/aromatic N) is 5. The van der Waals surface area contributed by atoms with Gasteiger partial charge in [0.1, 0.15) is 11.9 Å². The third-order valence-electron chi connectivity index (χ3n) is 5.19. The minimum atomic E-state index is -0.461. The number of amides is 1. The molecule has 26 heavy (non-hydrogen) atoms. The summed E-state index contributed by atoms with van der Waals surface area (Å²) in [7, 11) is 0. The SMILES string of the molecule is O=C1O[C@@H](Cn2ccnn2)CN1c1ccc(N2CC3(CSC3)C2)c(F)c1. The smallest absolute Gasteiger partial charge is 0.414 e. The highest BCUT2D eigenvalue weighted by Crippen LogP contribution is 2.47. The van der Waals surface area contributed by atoms with Crippen LogP contribution >= 0.6 is 11.8 Å². The maximum Gasteiger partial charge on any atom is 0.414 e. The minimum Gasteiger partial charge on any atom is -0.442 e. The topological polar surface area (TPSA) is 63.5 Å². The Hall–Kier alpha value is -2.29. The van der Waals surface area contributed by atoms with Crippen molar-refractivity contribution in [1.29, 1.82) is 0 Å². The Kier molecular flexibility index (Phi) is 3.59. The van der Waals surface area contributed by atoms with E-state index in [2.05, 4.69) is 15.2 Å². The molecule has 7 nitrogen and oxygen atoms in total. The van der Waals surface area contributed by atoms with Gasteiger partial charge in [-0.25, -0.2) is 13.9 Å². The van der Waals surface area contributed by atoms with Crippen molar-refractivity contribution in [1.82, 2.24) is 15.0 Å². The van der Waals surface area contributed by atoms with E-state index < -0.39 is 6.09 Å². The van der Waals surface area contributed by atoms with Crippen LogP contribution < -0.4 is 9.80 Å². The zero-order valence-corrected chi connectivity index (χ0v) is 14.9. The summed E-state index contributed by atoms with van der Waals surface area (Å²) in [6.07, 6.45) is 2.49. The van der Waals surface area contributed by atoms with Crippen molar-refractivity contribution in [2.45, 2.75) is 12.6 Å². The molecule has 1 aromatic heterocycles. The minimum absolute atomic E-state index is 0.295. The molecule has 4 heterocycles. The van der Waals surface area contributed by atoms with Crippen LogP contribution in [0.2, 0.25) is 0 Å². The van der Waals surface area contributed by atoms with Crippen molar-refractivity contribution < 1.29 is 13.9 Å². The van der Waals surface area contributed by atoms with E-state index in [4.69, 9.17) is 4.74 Å². The van der Waals surface area contributed by atoms with Gasteiger partial charge < -0.3 is 9.64 Å². The van der Waals surface area contributed by atoms with Crippen molar-refractivity contribution in [3.05, 3.63) is 36.4 Å². The van der Waals surface area contributed by atoms with Gasteiger partial charge in [0, 0.05) is 36.2 Å². The molecule has 1 spiro atoms. The highest BCUT2D eigenvalue weighted by Gasteiger charge is 2.48. The van der Waals surface area contributed by atoms with Gasteiger partial charge in [-0.05, 0) is 18.2 Å². The van der Waals surface area contributed by atoms with E-state index in [0.717, 1.165) is 13.1 Å². The van der Waals surface area contributed by atoms with Crippen LogP contribution in [0.1, 0.15) is 0 Å². The van der Waals surface area contributed by atoms with E-state index in [1.54, 1.807) is 29.2 Å². The first-order valence-corrected chi connectivity index (χ1v) is 9.72. The van der Waals surface area contributed by atoms with Crippen LogP contribution in [0.15, 0.2) is 30.6 Å². The summed E-state index contributed by atoms with van der Waals surface area (Å²) >= 11 is 1.95. The number of cyclic esters (lactones) is 1.